The van der Waals surface area contributed by atoms with Crippen LogP contribution in [0.4, 0.5) is 5.69 Å². The number of hydrogen-bond donors (Lipinski definition) is 2. The largest absolute Gasteiger partial charge is 0.333 e. The van der Waals surface area contributed by atoms with Crippen LogP contribution in [-0.4, -0.2) is 22.2 Å². The summed E-state index contributed by atoms with van der Waals surface area (Å²) in [5.74, 6) is -0.0209. The van der Waals surface area contributed by atoms with E-state index in [9.17, 15) is 4.79 Å². The van der Waals surface area contributed by atoms with Crippen LogP contribution in [0.25, 0.3) is 5.69 Å². The van der Waals surface area contributed by atoms with Crippen molar-refractivity contribution < 1.29 is 10.1 Å². The third-order valence-electron chi connectivity index (χ3n) is 4.82. The number of nitrogens with zero attached hydrogens (tertiary/aromatic N) is 2. The van der Waals surface area contributed by atoms with Gasteiger partial charge in [0.05, 0.1) is 22.8 Å². The number of carbonyl (C=O) groups is 1. The predicted molar refractivity (Wildman–Crippen MR) is 108 cm³/mol. The molecule has 0 unspecified atom stereocenters. The van der Waals surface area contributed by atoms with Gasteiger partial charge in [-0.05, 0) is 39.8 Å². The Morgan fingerprint density at radius 3 is 2.41 bits per heavy atom. The van der Waals surface area contributed by atoms with Gasteiger partial charge in [0.15, 0.2) is 6.54 Å². The standard InChI is InChI=1S/C22H26N4O/c1-15-10-12-20(13-11-15)26-18(4)22(17(3)25-26)24-21(27)14-23-16(2)19-8-6-5-7-9-19/h5-13,16,23H,14H2,1-4H3,(H,24,27)/p+1/t16-/m0/s1. The SMILES string of the molecule is Cc1ccc(-n2nc(C)c(NC(=O)C[NH2+][C@@H](C)c3ccccc3)c2C)cc1. The van der Waals surface area contributed by atoms with Gasteiger partial charge in [0.1, 0.15) is 6.04 Å². The lowest BCUT2D eigenvalue weighted by molar-refractivity contribution is -0.682. The van der Waals surface area contributed by atoms with E-state index < -0.39 is 0 Å². The zero-order valence-electron chi connectivity index (χ0n) is 16.4. The van der Waals surface area contributed by atoms with E-state index in [0.29, 0.717) is 6.54 Å². The molecule has 0 bridgehead atoms. The van der Waals surface area contributed by atoms with Gasteiger partial charge < -0.3 is 10.6 Å². The molecule has 0 saturated carbocycles. The van der Waals surface area contributed by atoms with Gasteiger partial charge in [-0.3, -0.25) is 4.79 Å². The summed E-state index contributed by atoms with van der Waals surface area (Å²) < 4.78 is 1.88. The van der Waals surface area contributed by atoms with Gasteiger partial charge in [0.2, 0.25) is 0 Å². The number of nitrogens with two attached hydrogens (primary N) is 1. The molecule has 0 aliphatic carbocycles. The highest BCUT2D eigenvalue weighted by molar-refractivity contribution is 5.92. The van der Waals surface area contributed by atoms with Crippen molar-refractivity contribution in [3.63, 3.8) is 0 Å². The van der Waals surface area contributed by atoms with E-state index in [2.05, 4.69) is 48.5 Å². The van der Waals surface area contributed by atoms with Gasteiger partial charge in [-0.15, -0.1) is 0 Å². The molecule has 140 valence electrons. The van der Waals surface area contributed by atoms with Crippen LogP contribution in [-0.2, 0) is 4.79 Å². The van der Waals surface area contributed by atoms with Crippen molar-refractivity contribution in [3.05, 3.63) is 77.1 Å². The Bertz CT molecular complexity index is 913. The second-order valence-electron chi connectivity index (χ2n) is 6.98. The van der Waals surface area contributed by atoms with Crippen LogP contribution in [0, 0.1) is 20.8 Å². The van der Waals surface area contributed by atoms with Gasteiger partial charge in [-0.2, -0.15) is 5.10 Å². The van der Waals surface area contributed by atoms with Crippen LogP contribution in [0.2, 0.25) is 0 Å². The fraction of sp³-hybridized carbons (Fsp3) is 0.273. The molecule has 0 aliphatic heterocycles. The maximum Gasteiger partial charge on any atom is 0.279 e. The van der Waals surface area contributed by atoms with Crippen molar-refractivity contribution >= 4 is 11.6 Å². The Morgan fingerprint density at radius 1 is 1.07 bits per heavy atom. The molecule has 2 aromatic carbocycles. The number of benzene rings is 2. The fourth-order valence-corrected chi connectivity index (χ4v) is 3.13. The Balaban J connectivity index is 1.67. The summed E-state index contributed by atoms with van der Waals surface area (Å²) in [5, 5.41) is 9.67. The summed E-state index contributed by atoms with van der Waals surface area (Å²) in [6, 6.07) is 18.6. The zero-order chi connectivity index (χ0) is 19.4. The van der Waals surface area contributed by atoms with Crippen LogP contribution in [0.3, 0.4) is 0 Å². The van der Waals surface area contributed by atoms with Crippen molar-refractivity contribution in [1.29, 1.82) is 0 Å². The van der Waals surface area contributed by atoms with Crippen molar-refractivity contribution in [2.24, 2.45) is 0 Å². The molecule has 3 N–H and O–H groups in total. The minimum absolute atomic E-state index is 0.0209. The topological polar surface area (TPSA) is 63.5 Å². The van der Waals surface area contributed by atoms with E-state index in [0.717, 1.165) is 22.8 Å². The summed E-state index contributed by atoms with van der Waals surface area (Å²) in [7, 11) is 0. The fourth-order valence-electron chi connectivity index (χ4n) is 3.13. The monoisotopic (exact) mass is 363 g/mol. The summed E-state index contributed by atoms with van der Waals surface area (Å²) >= 11 is 0. The molecule has 1 heterocycles. The first-order chi connectivity index (χ1) is 13.0. The number of amides is 1. The molecular weight excluding hydrogens is 336 g/mol. The highest BCUT2D eigenvalue weighted by Gasteiger charge is 2.17. The molecule has 3 rings (SSSR count). The van der Waals surface area contributed by atoms with Crippen LogP contribution in [0.5, 0.6) is 0 Å². The number of aromatic nitrogens is 2. The molecule has 0 aliphatic rings. The molecule has 5 heteroatoms. The van der Waals surface area contributed by atoms with E-state index in [4.69, 9.17) is 0 Å². The number of quaternary nitrogens is 1. The Kier molecular flexibility index (Phi) is 5.72. The molecule has 27 heavy (non-hydrogen) atoms. The lowest BCUT2D eigenvalue weighted by atomic mass is 10.1. The van der Waals surface area contributed by atoms with Crippen LogP contribution < -0.4 is 10.6 Å². The van der Waals surface area contributed by atoms with Crippen molar-refractivity contribution in [1.82, 2.24) is 9.78 Å². The average Bonchev–Trinajstić information content (AvgIpc) is 2.95. The van der Waals surface area contributed by atoms with E-state index in [1.165, 1.54) is 11.1 Å². The second-order valence-corrected chi connectivity index (χ2v) is 6.98. The Labute approximate surface area is 160 Å². The molecule has 0 radical (unpaired) electrons. The summed E-state index contributed by atoms with van der Waals surface area (Å²) in [5.41, 5.74) is 5.95. The van der Waals surface area contributed by atoms with E-state index in [-0.39, 0.29) is 11.9 Å². The Hall–Kier alpha value is -2.92. The third kappa shape index (κ3) is 4.44. The number of rotatable bonds is 6. The summed E-state index contributed by atoms with van der Waals surface area (Å²) in [6.45, 7) is 8.43. The summed E-state index contributed by atoms with van der Waals surface area (Å²) in [6.07, 6.45) is 0. The van der Waals surface area contributed by atoms with Gasteiger partial charge in [0, 0.05) is 5.56 Å². The first kappa shape index (κ1) is 18.9. The van der Waals surface area contributed by atoms with Crippen molar-refractivity contribution in [2.45, 2.75) is 33.7 Å². The maximum atomic E-state index is 12.5. The van der Waals surface area contributed by atoms with Crippen LogP contribution in [0.1, 0.15) is 35.5 Å². The lowest BCUT2D eigenvalue weighted by Crippen LogP contribution is -2.86. The first-order valence-electron chi connectivity index (χ1n) is 9.27. The van der Waals surface area contributed by atoms with Crippen LogP contribution in [0.15, 0.2) is 54.6 Å². The van der Waals surface area contributed by atoms with Gasteiger partial charge >= 0.3 is 0 Å². The minimum atomic E-state index is -0.0209. The van der Waals surface area contributed by atoms with E-state index >= 15 is 0 Å². The molecule has 0 spiro atoms. The molecule has 1 aromatic heterocycles. The Morgan fingerprint density at radius 2 is 1.74 bits per heavy atom. The third-order valence-corrected chi connectivity index (χ3v) is 4.82. The number of carbonyl (C=O) groups excluding carboxylic acids is 1. The molecule has 0 fully saturated rings. The minimum Gasteiger partial charge on any atom is -0.333 e. The number of anilines is 1. The van der Waals surface area contributed by atoms with Gasteiger partial charge in [0.25, 0.3) is 5.91 Å². The quantitative estimate of drug-likeness (QED) is 0.707. The molecular formula is C22H27N4O+. The predicted octanol–water partition coefficient (Wildman–Crippen LogP) is 3.06. The van der Waals surface area contributed by atoms with Crippen molar-refractivity contribution in [3.8, 4) is 5.69 Å². The first-order valence-corrected chi connectivity index (χ1v) is 9.27. The summed E-state index contributed by atoms with van der Waals surface area (Å²) in [4.78, 5) is 12.5. The van der Waals surface area contributed by atoms with E-state index in [1.807, 2.05) is 54.2 Å². The lowest BCUT2D eigenvalue weighted by Gasteiger charge is -2.11. The molecule has 1 amide bonds. The van der Waals surface area contributed by atoms with Gasteiger partial charge in [-0.1, -0.05) is 48.0 Å². The zero-order valence-corrected chi connectivity index (χ0v) is 16.4. The average molecular weight is 363 g/mol. The number of nitrogens with one attached hydrogen (secondary N) is 1. The van der Waals surface area contributed by atoms with Gasteiger partial charge in [-0.25, -0.2) is 4.68 Å². The smallest absolute Gasteiger partial charge is 0.279 e. The molecule has 3 aromatic rings. The second kappa shape index (κ2) is 8.18. The van der Waals surface area contributed by atoms with Crippen LogP contribution >= 0.6 is 0 Å². The van der Waals surface area contributed by atoms with Crippen molar-refractivity contribution in [2.75, 3.05) is 11.9 Å². The van der Waals surface area contributed by atoms with E-state index in [1.54, 1.807) is 0 Å². The molecule has 5 nitrogen and oxygen atoms in total. The molecule has 0 saturated heterocycles. The highest BCUT2D eigenvalue weighted by Crippen LogP contribution is 2.22. The highest BCUT2D eigenvalue weighted by atomic mass is 16.1. The number of hydrogen-bond acceptors (Lipinski definition) is 2. The normalized spacial score (nSPS) is 12.0. The molecule has 1 atom stereocenters. The maximum absolute atomic E-state index is 12.5. The number of aryl methyl sites for hydroxylation is 2.